The van der Waals surface area contributed by atoms with Gasteiger partial charge in [0.2, 0.25) is 5.91 Å². The zero-order valence-corrected chi connectivity index (χ0v) is 53.5. The third kappa shape index (κ3) is 34.3. The highest BCUT2D eigenvalue weighted by Gasteiger charge is 2.27. The fourth-order valence-corrected chi connectivity index (χ4v) is 9.36. The van der Waals surface area contributed by atoms with Gasteiger partial charge in [-0.15, -0.1) is 0 Å². The van der Waals surface area contributed by atoms with E-state index in [9.17, 15) is 19.2 Å². The predicted octanol–water partition coefficient (Wildman–Crippen LogP) is 15.5. The molecule has 3 rings (SSSR count). The van der Waals surface area contributed by atoms with Crippen molar-refractivity contribution in [2.24, 2.45) is 5.73 Å². The highest BCUT2D eigenvalue weighted by atomic mass is 16.5. The lowest BCUT2D eigenvalue weighted by molar-refractivity contribution is -0.149. The van der Waals surface area contributed by atoms with Crippen LogP contribution in [0.3, 0.4) is 0 Å². The summed E-state index contributed by atoms with van der Waals surface area (Å²) >= 11 is 0. The molecular formula is C70H112N2O13. The van der Waals surface area contributed by atoms with Crippen molar-refractivity contribution in [2.75, 3.05) is 59.5 Å². The van der Waals surface area contributed by atoms with E-state index in [0.717, 1.165) is 158 Å². The Hall–Kier alpha value is -5.70. The molecule has 0 spiro atoms. The molecule has 0 aliphatic heterocycles. The Bertz CT molecular complexity index is 2240. The fourth-order valence-electron chi connectivity index (χ4n) is 9.36. The zero-order chi connectivity index (χ0) is 61.4. The molecule has 0 saturated heterocycles. The van der Waals surface area contributed by atoms with E-state index in [1.54, 1.807) is 0 Å². The molecule has 1 amide bonds. The van der Waals surface area contributed by atoms with Crippen LogP contribution in [0, 0.1) is 0 Å². The fraction of sp³-hybridized carbons (Fsp3) is 0.686. The molecule has 15 heteroatoms. The van der Waals surface area contributed by atoms with Gasteiger partial charge >= 0.3 is 17.9 Å². The van der Waals surface area contributed by atoms with Crippen LogP contribution < -0.4 is 39.5 Å². The molecule has 3 N–H and O–H groups in total. The molecule has 0 aromatic heterocycles. The predicted molar refractivity (Wildman–Crippen MR) is 340 cm³/mol. The molecule has 0 aliphatic carbocycles. The number of hydrogen-bond donors (Lipinski definition) is 2. The van der Waals surface area contributed by atoms with Crippen molar-refractivity contribution in [1.82, 2.24) is 5.32 Å². The minimum absolute atomic E-state index is 0.00172. The van der Waals surface area contributed by atoms with Crippen LogP contribution in [0.25, 0.3) is 0 Å². The number of amides is 1. The maximum atomic E-state index is 13.9. The van der Waals surface area contributed by atoms with Gasteiger partial charge in [-0.25, -0.2) is 4.79 Å². The highest BCUT2D eigenvalue weighted by Crippen LogP contribution is 2.32. The van der Waals surface area contributed by atoms with Crippen LogP contribution in [0.4, 0.5) is 0 Å². The summed E-state index contributed by atoms with van der Waals surface area (Å²) in [5.41, 5.74) is 9.10. The van der Waals surface area contributed by atoms with Gasteiger partial charge in [-0.3, -0.25) is 14.4 Å². The van der Waals surface area contributed by atoms with Crippen molar-refractivity contribution >= 4 is 23.8 Å². The van der Waals surface area contributed by atoms with E-state index in [1.165, 1.54) is 12.8 Å². The monoisotopic (exact) mass is 1190 g/mol. The van der Waals surface area contributed by atoms with Gasteiger partial charge in [0.15, 0.2) is 34.5 Å². The number of nitrogens with two attached hydrogens (primary N) is 1. The lowest BCUT2D eigenvalue weighted by atomic mass is 10.1. The van der Waals surface area contributed by atoms with Gasteiger partial charge in [0.1, 0.15) is 6.04 Å². The first-order valence-electron chi connectivity index (χ1n) is 33.2. The van der Waals surface area contributed by atoms with E-state index in [0.29, 0.717) is 93.4 Å². The van der Waals surface area contributed by atoms with E-state index < -0.39 is 35.9 Å². The summed E-state index contributed by atoms with van der Waals surface area (Å²) in [6, 6.07) is 15.0. The Kier molecular flexibility index (Phi) is 41.9. The molecule has 0 bridgehead atoms. The molecule has 480 valence electrons. The number of ether oxygens (including phenoxy) is 9. The topological polar surface area (TPSA) is 189 Å². The van der Waals surface area contributed by atoms with E-state index in [4.69, 9.17) is 48.4 Å². The molecule has 0 saturated carbocycles. The van der Waals surface area contributed by atoms with Crippen molar-refractivity contribution in [3.63, 3.8) is 0 Å². The summed E-state index contributed by atoms with van der Waals surface area (Å²) < 4.78 is 54.1. The van der Waals surface area contributed by atoms with Crippen LogP contribution in [0.15, 0.2) is 54.6 Å². The average molecular weight is 1190 g/mol. The first kappa shape index (κ1) is 73.6. The van der Waals surface area contributed by atoms with Gasteiger partial charge < -0.3 is 53.7 Å². The smallest absolute Gasteiger partial charge is 0.328 e. The Labute approximate surface area is 512 Å². The second-order valence-corrected chi connectivity index (χ2v) is 22.4. The molecule has 3 aromatic rings. The van der Waals surface area contributed by atoms with Gasteiger partial charge in [0, 0.05) is 32.1 Å². The molecule has 15 nitrogen and oxygen atoms in total. The van der Waals surface area contributed by atoms with Crippen LogP contribution in [0.2, 0.25) is 0 Å². The van der Waals surface area contributed by atoms with E-state index >= 15 is 0 Å². The minimum atomic E-state index is -1.22. The number of esters is 3. The van der Waals surface area contributed by atoms with Gasteiger partial charge in [-0.05, 0) is 104 Å². The summed E-state index contributed by atoms with van der Waals surface area (Å²) in [4.78, 5) is 53.8. The number of unbranched alkanes of at least 4 members (excludes halogenated alkanes) is 18. The number of nitrogens with one attached hydrogen (secondary N) is 1. The van der Waals surface area contributed by atoms with Gasteiger partial charge in [0.25, 0.3) is 0 Å². The quantitative estimate of drug-likeness (QED) is 0.0308. The standard InChI is InChI=1S/C70H112N2O13/c1-7-13-19-25-44-77-61-36-31-56(53-64(61)80-47-28-22-16-10-4)41-50-83-67(73)39-34-59(71)69(75)72-60(70(76)85-52-43-58-33-38-63(79-46-27-21-15-9-3)66(55-58)82-49-30-24-18-12-6)35-40-68(74)84-51-42-57-32-37-62(78-45-26-20-14-8-2)65(54-57)81-48-29-23-17-11-5/h31-33,36-38,53-55,59-60H,7-30,34-35,39-52,71H2,1-6H3,(H,72,75)/t59-,60-/m0/s1. The average Bonchev–Trinajstić information content (AvgIpc) is 3.71. The summed E-state index contributed by atoms with van der Waals surface area (Å²) in [5, 5.41) is 2.71. The van der Waals surface area contributed by atoms with Gasteiger partial charge in [0.05, 0.1) is 65.5 Å². The Morgan fingerprint density at radius 1 is 0.365 bits per heavy atom. The van der Waals surface area contributed by atoms with Crippen molar-refractivity contribution in [2.45, 2.75) is 253 Å². The number of rotatable bonds is 54. The van der Waals surface area contributed by atoms with Crippen molar-refractivity contribution in [3.8, 4) is 34.5 Å². The van der Waals surface area contributed by atoms with E-state index in [-0.39, 0.29) is 45.5 Å². The lowest BCUT2D eigenvalue weighted by Crippen LogP contribution is -2.49. The van der Waals surface area contributed by atoms with Crippen molar-refractivity contribution in [3.05, 3.63) is 71.3 Å². The van der Waals surface area contributed by atoms with E-state index in [1.807, 2.05) is 54.6 Å². The Morgan fingerprint density at radius 3 is 0.976 bits per heavy atom. The maximum absolute atomic E-state index is 13.9. The summed E-state index contributed by atoms with van der Waals surface area (Å²) in [6.07, 6.45) is 27.0. The second-order valence-electron chi connectivity index (χ2n) is 22.4. The third-order valence-corrected chi connectivity index (χ3v) is 14.7. The Morgan fingerprint density at radius 2 is 0.659 bits per heavy atom. The minimum Gasteiger partial charge on any atom is -0.490 e. The largest absolute Gasteiger partial charge is 0.490 e. The molecule has 85 heavy (non-hydrogen) atoms. The van der Waals surface area contributed by atoms with Crippen LogP contribution in [0.1, 0.15) is 238 Å². The number of carbonyl (C=O) groups excluding carboxylic acids is 4. The normalized spacial score (nSPS) is 11.8. The molecule has 0 aliphatic rings. The van der Waals surface area contributed by atoms with Gasteiger partial charge in [-0.2, -0.15) is 0 Å². The van der Waals surface area contributed by atoms with Crippen molar-refractivity contribution in [1.29, 1.82) is 0 Å². The molecule has 0 heterocycles. The molecule has 0 radical (unpaired) electrons. The first-order chi connectivity index (χ1) is 41.5. The molecule has 0 fully saturated rings. The van der Waals surface area contributed by atoms with Crippen molar-refractivity contribution < 1.29 is 61.8 Å². The van der Waals surface area contributed by atoms with Gasteiger partial charge in [-0.1, -0.05) is 175 Å². The molecule has 3 aromatic carbocycles. The lowest BCUT2D eigenvalue weighted by Gasteiger charge is -2.20. The van der Waals surface area contributed by atoms with Crippen LogP contribution in [0.5, 0.6) is 34.5 Å². The Balaban J connectivity index is 1.66. The van der Waals surface area contributed by atoms with E-state index in [2.05, 4.69) is 46.9 Å². The molecule has 2 atom stereocenters. The molecule has 0 unspecified atom stereocenters. The third-order valence-electron chi connectivity index (χ3n) is 14.7. The maximum Gasteiger partial charge on any atom is 0.328 e. The summed E-state index contributed by atoms with van der Waals surface area (Å²) in [6.45, 7) is 16.9. The highest BCUT2D eigenvalue weighted by molar-refractivity contribution is 5.88. The van der Waals surface area contributed by atoms with Crippen LogP contribution >= 0.6 is 0 Å². The van der Waals surface area contributed by atoms with Crippen LogP contribution in [-0.2, 0) is 52.7 Å². The second kappa shape index (κ2) is 48.4. The molecular weight excluding hydrogens is 1080 g/mol. The summed E-state index contributed by atoms with van der Waals surface area (Å²) in [5.74, 6) is 1.68. The number of hydrogen-bond acceptors (Lipinski definition) is 14. The number of benzene rings is 3. The summed E-state index contributed by atoms with van der Waals surface area (Å²) in [7, 11) is 0. The van der Waals surface area contributed by atoms with Crippen LogP contribution in [-0.4, -0.2) is 95.4 Å². The zero-order valence-electron chi connectivity index (χ0n) is 53.5. The SMILES string of the molecule is CCCCCCOc1ccc(CCOC(=O)CC[C@H](NC(=O)[C@@H](N)CCC(=O)OCCc2ccc(OCCCCCC)c(OCCCCCC)c2)C(=O)OCCc2ccc(OCCCCCC)c(OCCCCCC)c2)cc1OCCCCCC. The first-order valence-corrected chi connectivity index (χ1v) is 33.2. The number of carbonyl (C=O) groups is 4.